The fourth-order valence-corrected chi connectivity index (χ4v) is 2.50. The van der Waals surface area contributed by atoms with E-state index in [0.29, 0.717) is 24.9 Å². The minimum Gasteiger partial charge on any atom is -0.331 e. The smallest absolute Gasteiger partial charge is 0.331 e. The molecule has 1 fully saturated rings. The van der Waals surface area contributed by atoms with Gasteiger partial charge in [-0.05, 0) is 25.2 Å². The summed E-state index contributed by atoms with van der Waals surface area (Å²) >= 11 is 0. The van der Waals surface area contributed by atoms with E-state index in [1.807, 2.05) is 6.92 Å². The van der Waals surface area contributed by atoms with E-state index in [9.17, 15) is 4.79 Å². The Labute approximate surface area is 119 Å². The van der Waals surface area contributed by atoms with Gasteiger partial charge in [-0.15, -0.1) is 0 Å². The van der Waals surface area contributed by atoms with Crippen molar-refractivity contribution >= 4 is 11.8 Å². The normalized spacial score (nSPS) is 16.1. The maximum atomic E-state index is 12.2. The predicted molar refractivity (Wildman–Crippen MR) is 77.1 cm³/mol. The van der Waals surface area contributed by atoms with Crippen molar-refractivity contribution in [3.05, 3.63) is 12.5 Å². The highest BCUT2D eigenvalue weighted by Gasteiger charge is 2.22. The quantitative estimate of drug-likeness (QED) is 0.786. The first-order valence-corrected chi connectivity index (χ1v) is 7.49. The van der Waals surface area contributed by atoms with Crippen LogP contribution in [0.4, 0.5) is 10.6 Å². The van der Waals surface area contributed by atoms with Crippen molar-refractivity contribution in [3.8, 4) is 0 Å². The predicted octanol–water partition coefficient (Wildman–Crippen LogP) is 3.17. The molecule has 1 aliphatic rings. The summed E-state index contributed by atoms with van der Waals surface area (Å²) in [5.41, 5.74) is 0. The Hall–Kier alpha value is -1.56. The summed E-state index contributed by atoms with van der Waals surface area (Å²) in [5, 5.41) is 4.24. The third-order valence-electron chi connectivity index (χ3n) is 3.57. The average Bonchev–Trinajstić information content (AvgIpc) is 2.97. The van der Waals surface area contributed by atoms with Crippen LogP contribution in [0.15, 0.2) is 12.5 Å². The molecule has 0 aromatic carbocycles. The maximum Gasteiger partial charge on any atom is 0.346 e. The highest BCUT2D eigenvalue weighted by molar-refractivity contribution is 5.87. The molecule has 2 N–H and O–H groups in total. The van der Waals surface area contributed by atoms with Crippen LogP contribution >= 0.6 is 0 Å². The molecule has 0 saturated heterocycles. The molecule has 20 heavy (non-hydrogen) atoms. The van der Waals surface area contributed by atoms with Crippen LogP contribution in [0.5, 0.6) is 0 Å². The number of aromatic nitrogens is 2. The third-order valence-corrected chi connectivity index (χ3v) is 3.57. The lowest BCUT2D eigenvalue weighted by Crippen LogP contribution is -2.39. The second kappa shape index (κ2) is 7.89. The Bertz CT molecular complexity index is 388. The fraction of sp³-hybridized carbons (Fsp3) is 0.714. The monoisotopic (exact) mass is 280 g/mol. The molecule has 2 rings (SSSR count). The van der Waals surface area contributed by atoms with Gasteiger partial charge in [-0.3, -0.25) is 10.2 Å². The number of aromatic amines is 1. The molecule has 1 saturated carbocycles. The van der Waals surface area contributed by atoms with Crippen molar-refractivity contribution in [2.24, 2.45) is 5.92 Å². The Morgan fingerprint density at radius 1 is 1.50 bits per heavy atom. The molecule has 0 unspecified atom stereocenters. The molecule has 0 spiro atoms. The SMILES string of the molecule is CCCON(CC1CCCCC1)C(=O)Nc1cnc[nH]1. The van der Waals surface area contributed by atoms with Gasteiger partial charge in [0.25, 0.3) is 0 Å². The van der Waals surface area contributed by atoms with Crippen LogP contribution in [0, 0.1) is 5.92 Å². The molecule has 6 nitrogen and oxygen atoms in total. The van der Waals surface area contributed by atoms with E-state index in [0.717, 1.165) is 6.42 Å². The molecule has 1 aromatic rings. The first-order chi connectivity index (χ1) is 9.79. The minimum absolute atomic E-state index is 0.228. The molecule has 0 aliphatic heterocycles. The van der Waals surface area contributed by atoms with Gasteiger partial charge < -0.3 is 4.98 Å². The van der Waals surface area contributed by atoms with Crippen molar-refractivity contribution in [1.82, 2.24) is 15.0 Å². The highest BCUT2D eigenvalue weighted by Crippen LogP contribution is 2.24. The van der Waals surface area contributed by atoms with Crippen molar-refractivity contribution in [1.29, 1.82) is 0 Å². The van der Waals surface area contributed by atoms with Crippen molar-refractivity contribution < 1.29 is 9.63 Å². The van der Waals surface area contributed by atoms with E-state index in [1.54, 1.807) is 6.20 Å². The molecular formula is C14H24N4O2. The molecule has 0 bridgehead atoms. The molecule has 0 radical (unpaired) electrons. The number of H-pyrrole nitrogens is 1. The Morgan fingerprint density at radius 2 is 2.30 bits per heavy atom. The molecule has 1 aliphatic carbocycles. The number of anilines is 1. The van der Waals surface area contributed by atoms with Crippen LogP contribution in [0.1, 0.15) is 45.4 Å². The summed E-state index contributed by atoms with van der Waals surface area (Å²) in [4.78, 5) is 24.6. The Kier molecular flexibility index (Phi) is 5.86. The lowest BCUT2D eigenvalue weighted by atomic mass is 9.89. The number of nitrogens with zero attached hydrogens (tertiary/aromatic N) is 2. The number of nitrogens with one attached hydrogen (secondary N) is 2. The summed E-state index contributed by atoms with van der Waals surface area (Å²) in [6, 6.07) is -0.228. The van der Waals surface area contributed by atoms with E-state index in [1.165, 1.54) is 43.5 Å². The number of urea groups is 1. The zero-order valence-electron chi connectivity index (χ0n) is 12.1. The Balaban J connectivity index is 1.89. The number of imidazole rings is 1. The van der Waals surface area contributed by atoms with E-state index in [-0.39, 0.29) is 6.03 Å². The van der Waals surface area contributed by atoms with Gasteiger partial charge in [-0.25, -0.2) is 14.8 Å². The summed E-state index contributed by atoms with van der Waals surface area (Å²) < 4.78 is 0. The fourth-order valence-electron chi connectivity index (χ4n) is 2.50. The molecule has 0 atom stereocenters. The Morgan fingerprint density at radius 3 is 2.95 bits per heavy atom. The summed E-state index contributed by atoms with van der Waals surface area (Å²) in [7, 11) is 0. The van der Waals surface area contributed by atoms with Gasteiger partial charge in [0.15, 0.2) is 0 Å². The van der Waals surface area contributed by atoms with Crippen molar-refractivity contribution in [2.45, 2.75) is 45.4 Å². The molecular weight excluding hydrogens is 256 g/mol. The van der Waals surface area contributed by atoms with Crippen molar-refractivity contribution in [3.63, 3.8) is 0 Å². The second-order valence-electron chi connectivity index (χ2n) is 5.29. The first-order valence-electron chi connectivity index (χ1n) is 7.49. The first kappa shape index (κ1) is 14.8. The van der Waals surface area contributed by atoms with Crippen molar-refractivity contribution in [2.75, 3.05) is 18.5 Å². The molecule has 1 heterocycles. The maximum absolute atomic E-state index is 12.2. The highest BCUT2D eigenvalue weighted by atomic mass is 16.7. The number of hydrogen-bond acceptors (Lipinski definition) is 3. The van der Waals surface area contributed by atoms with Gasteiger partial charge in [0.05, 0.1) is 25.7 Å². The lowest BCUT2D eigenvalue weighted by molar-refractivity contribution is -0.122. The van der Waals surface area contributed by atoms with Gasteiger partial charge >= 0.3 is 6.03 Å². The van der Waals surface area contributed by atoms with E-state index in [4.69, 9.17) is 4.84 Å². The molecule has 112 valence electrons. The topological polar surface area (TPSA) is 70.2 Å². The molecule has 6 heteroatoms. The van der Waals surface area contributed by atoms with Gasteiger partial charge in [0.1, 0.15) is 5.82 Å². The van der Waals surface area contributed by atoms with Crippen LogP contribution in [-0.4, -0.2) is 34.2 Å². The van der Waals surface area contributed by atoms with Crippen LogP contribution in [0.25, 0.3) is 0 Å². The number of hydrogen-bond donors (Lipinski definition) is 2. The summed E-state index contributed by atoms with van der Waals surface area (Å²) in [6.45, 7) is 3.26. The zero-order valence-corrected chi connectivity index (χ0v) is 12.1. The standard InChI is InChI=1S/C14H24N4O2/c1-2-8-20-18(10-12-6-4-3-5-7-12)14(19)17-13-9-15-11-16-13/h9,11-12H,2-8,10H2,1H3,(H,15,16)(H,17,19). The number of carbonyl (C=O) groups is 1. The number of amides is 2. The van der Waals surface area contributed by atoms with Crippen LogP contribution in [0.3, 0.4) is 0 Å². The van der Waals surface area contributed by atoms with Gasteiger partial charge in [-0.1, -0.05) is 26.2 Å². The minimum atomic E-state index is -0.228. The van der Waals surface area contributed by atoms with Crippen LogP contribution < -0.4 is 5.32 Å². The number of hydroxylamine groups is 2. The van der Waals surface area contributed by atoms with Gasteiger partial charge in [-0.2, -0.15) is 0 Å². The third kappa shape index (κ3) is 4.52. The molecule has 1 aromatic heterocycles. The number of rotatable bonds is 6. The second-order valence-corrected chi connectivity index (χ2v) is 5.29. The zero-order chi connectivity index (χ0) is 14.2. The average molecular weight is 280 g/mol. The summed E-state index contributed by atoms with van der Waals surface area (Å²) in [6.07, 6.45) is 10.2. The van der Waals surface area contributed by atoms with E-state index in [2.05, 4.69) is 15.3 Å². The van der Waals surface area contributed by atoms with Crippen LogP contribution in [0.2, 0.25) is 0 Å². The summed E-state index contributed by atoms with van der Waals surface area (Å²) in [5.74, 6) is 1.14. The molecule has 2 amide bonds. The van der Waals surface area contributed by atoms with Crippen LogP contribution in [-0.2, 0) is 4.84 Å². The lowest BCUT2D eigenvalue weighted by Gasteiger charge is -2.28. The number of carbonyl (C=O) groups excluding carboxylic acids is 1. The van der Waals surface area contributed by atoms with Gasteiger partial charge in [0.2, 0.25) is 0 Å². The van der Waals surface area contributed by atoms with Gasteiger partial charge in [0, 0.05) is 0 Å². The van der Waals surface area contributed by atoms with E-state index >= 15 is 0 Å². The largest absolute Gasteiger partial charge is 0.346 e. The van der Waals surface area contributed by atoms with E-state index < -0.39 is 0 Å².